The number of hydrogen-bond donors (Lipinski definition) is 1. The van der Waals surface area contributed by atoms with E-state index in [1.165, 1.54) is 6.42 Å². The molecule has 0 aromatic rings. The van der Waals surface area contributed by atoms with E-state index in [0.717, 1.165) is 32.2 Å². The number of rotatable bonds is 5. The maximum Gasteiger partial charge on any atom is 0.222 e. The predicted molar refractivity (Wildman–Crippen MR) is 74.3 cm³/mol. The molecule has 0 spiro atoms. The van der Waals surface area contributed by atoms with E-state index in [9.17, 15) is 4.79 Å². The molecule has 1 amide bonds. The summed E-state index contributed by atoms with van der Waals surface area (Å²) in [6, 6.07) is 0.290. The number of likely N-dealkylation sites (tertiary alicyclic amines) is 1. The van der Waals surface area contributed by atoms with Crippen LogP contribution in [0.1, 0.15) is 52.4 Å². The molecule has 0 saturated carbocycles. The van der Waals surface area contributed by atoms with Crippen LogP contribution in [0.25, 0.3) is 0 Å². The largest absolute Gasteiger partial charge is 0.338 e. The molecule has 102 valence electrons. The van der Waals surface area contributed by atoms with Crippen LogP contribution < -0.4 is 5.73 Å². The van der Waals surface area contributed by atoms with Gasteiger partial charge in [-0.25, -0.2) is 0 Å². The molecule has 1 heterocycles. The third-order valence-electron chi connectivity index (χ3n) is 3.56. The molecule has 1 fully saturated rings. The van der Waals surface area contributed by atoms with Gasteiger partial charge in [-0.1, -0.05) is 26.7 Å². The van der Waals surface area contributed by atoms with Crippen LogP contribution in [-0.4, -0.2) is 29.9 Å². The summed E-state index contributed by atoms with van der Waals surface area (Å²) in [4.78, 5) is 14.0. The van der Waals surface area contributed by atoms with Crippen molar-refractivity contribution in [2.24, 2.45) is 11.7 Å². The Balaban J connectivity index is 0.00000256. The third kappa shape index (κ3) is 5.26. The standard InChI is InChI=1S/C13H26N2O.ClH/c1-3-4-5-6-13(16)15-8-7-11(2)9-12(15)10-14;/h11-12H,3-10,14H2,1-2H3;1H. The average molecular weight is 263 g/mol. The number of halogens is 1. The topological polar surface area (TPSA) is 46.3 Å². The van der Waals surface area contributed by atoms with Crippen molar-refractivity contribution in [2.75, 3.05) is 13.1 Å². The van der Waals surface area contributed by atoms with Gasteiger partial charge < -0.3 is 10.6 Å². The first kappa shape index (κ1) is 16.7. The summed E-state index contributed by atoms with van der Waals surface area (Å²) in [5.41, 5.74) is 5.75. The van der Waals surface area contributed by atoms with Gasteiger partial charge >= 0.3 is 0 Å². The molecule has 1 rings (SSSR count). The Kier molecular flexibility index (Phi) is 8.61. The number of hydrogen-bond acceptors (Lipinski definition) is 2. The lowest BCUT2D eigenvalue weighted by Crippen LogP contribution is -2.49. The maximum absolute atomic E-state index is 12.0. The van der Waals surface area contributed by atoms with Crippen LogP contribution >= 0.6 is 12.4 Å². The molecule has 0 radical (unpaired) electrons. The van der Waals surface area contributed by atoms with Crippen LogP contribution in [-0.2, 0) is 4.79 Å². The number of unbranched alkanes of at least 4 members (excludes halogenated alkanes) is 2. The molecule has 2 unspecified atom stereocenters. The van der Waals surface area contributed by atoms with Crippen molar-refractivity contribution >= 4 is 18.3 Å². The molecule has 2 N–H and O–H groups in total. The van der Waals surface area contributed by atoms with Gasteiger partial charge in [0.05, 0.1) is 0 Å². The molecule has 0 aromatic heterocycles. The highest BCUT2D eigenvalue weighted by atomic mass is 35.5. The van der Waals surface area contributed by atoms with Crippen molar-refractivity contribution in [2.45, 2.75) is 58.4 Å². The summed E-state index contributed by atoms with van der Waals surface area (Å²) >= 11 is 0. The first-order valence-electron chi connectivity index (χ1n) is 6.68. The Hall–Kier alpha value is -0.280. The Bertz CT molecular complexity index is 223. The second-order valence-corrected chi connectivity index (χ2v) is 5.06. The molecule has 0 aromatic carbocycles. The van der Waals surface area contributed by atoms with Crippen molar-refractivity contribution in [1.29, 1.82) is 0 Å². The van der Waals surface area contributed by atoms with Crippen molar-refractivity contribution in [3.8, 4) is 0 Å². The first-order chi connectivity index (χ1) is 7.69. The highest BCUT2D eigenvalue weighted by Gasteiger charge is 2.28. The van der Waals surface area contributed by atoms with E-state index < -0.39 is 0 Å². The van der Waals surface area contributed by atoms with Crippen molar-refractivity contribution in [3.63, 3.8) is 0 Å². The Labute approximate surface area is 112 Å². The van der Waals surface area contributed by atoms with E-state index in [0.29, 0.717) is 24.8 Å². The first-order valence-corrected chi connectivity index (χ1v) is 6.68. The fraction of sp³-hybridized carbons (Fsp3) is 0.923. The molecule has 1 aliphatic heterocycles. The molecule has 4 heteroatoms. The minimum Gasteiger partial charge on any atom is -0.338 e. The fourth-order valence-corrected chi connectivity index (χ4v) is 2.47. The zero-order chi connectivity index (χ0) is 12.0. The van der Waals surface area contributed by atoms with Crippen LogP contribution in [0.3, 0.4) is 0 Å². The zero-order valence-electron chi connectivity index (χ0n) is 11.2. The summed E-state index contributed by atoms with van der Waals surface area (Å²) in [6.07, 6.45) is 6.28. The van der Waals surface area contributed by atoms with E-state index >= 15 is 0 Å². The van der Waals surface area contributed by atoms with Crippen molar-refractivity contribution < 1.29 is 4.79 Å². The quantitative estimate of drug-likeness (QED) is 0.774. The summed E-state index contributed by atoms with van der Waals surface area (Å²) in [6.45, 7) is 5.94. The van der Waals surface area contributed by atoms with Crippen molar-refractivity contribution in [1.82, 2.24) is 4.90 Å². The molecule has 1 saturated heterocycles. The molecular weight excluding hydrogens is 236 g/mol. The number of carbonyl (C=O) groups excluding carboxylic acids is 1. The van der Waals surface area contributed by atoms with E-state index in [-0.39, 0.29) is 18.4 Å². The molecule has 3 nitrogen and oxygen atoms in total. The number of nitrogens with two attached hydrogens (primary N) is 1. The normalized spacial score (nSPS) is 24.3. The van der Waals surface area contributed by atoms with E-state index in [4.69, 9.17) is 5.73 Å². The Morgan fingerprint density at radius 1 is 1.41 bits per heavy atom. The predicted octanol–water partition coefficient (Wildman–Crippen LogP) is 2.57. The number of carbonyl (C=O) groups is 1. The SMILES string of the molecule is CCCCCC(=O)N1CCC(C)CC1CN.Cl. The maximum atomic E-state index is 12.0. The Morgan fingerprint density at radius 3 is 2.71 bits per heavy atom. The second-order valence-electron chi connectivity index (χ2n) is 5.06. The van der Waals surface area contributed by atoms with Crippen LogP contribution in [0.2, 0.25) is 0 Å². The van der Waals surface area contributed by atoms with Gasteiger partial charge in [-0.3, -0.25) is 4.79 Å². The molecule has 0 bridgehead atoms. The molecular formula is C13H27ClN2O. The van der Waals surface area contributed by atoms with Gasteiger partial charge in [-0.15, -0.1) is 12.4 Å². The van der Waals surface area contributed by atoms with E-state index in [1.54, 1.807) is 0 Å². The van der Waals surface area contributed by atoms with Gasteiger partial charge in [0.15, 0.2) is 0 Å². The van der Waals surface area contributed by atoms with Gasteiger partial charge in [0.25, 0.3) is 0 Å². The smallest absolute Gasteiger partial charge is 0.222 e. The lowest BCUT2D eigenvalue weighted by Gasteiger charge is -2.38. The van der Waals surface area contributed by atoms with Gasteiger partial charge in [0.1, 0.15) is 0 Å². The molecule has 2 atom stereocenters. The summed E-state index contributed by atoms with van der Waals surface area (Å²) in [5, 5.41) is 0. The molecule has 1 aliphatic rings. The minimum atomic E-state index is 0. The number of amides is 1. The summed E-state index contributed by atoms with van der Waals surface area (Å²) < 4.78 is 0. The van der Waals surface area contributed by atoms with Crippen LogP contribution in [0.4, 0.5) is 0 Å². The van der Waals surface area contributed by atoms with E-state index in [2.05, 4.69) is 13.8 Å². The number of piperidine rings is 1. The van der Waals surface area contributed by atoms with Crippen molar-refractivity contribution in [3.05, 3.63) is 0 Å². The van der Waals surface area contributed by atoms with E-state index in [1.807, 2.05) is 4.90 Å². The minimum absolute atomic E-state index is 0. The fourth-order valence-electron chi connectivity index (χ4n) is 2.47. The highest BCUT2D eigenvalue weighted by Crippen LogP contribution is 2.22. The lowest BCUT2D eigenvalue weighted by atomic mass is 9.92. The zero-order valence-corrected chi connectivity index (χ0v) is 12.0. The van der Waals surface area contributed by atoms with Gasteiger partial charge in [0, 0.05) is 25.6 Å². The lowest BCUT2D eigenvalue weighted by molar-refractivity contribution is -0.135. The summed E-state index contributed by atoms with van der Waals surface area (Å²) in [5.74, 6) is 1.03. The van der Waals surface area contributed by atoms with Crippen LogP contribution in [0.15, 0.2) is 0 Å². The molecule has 17 heavy (non-hydrogen) atoms. The Morgan fingerprint density at radius 2 is 2.12 bits per heavy atom. The summed E-state index contributed by atoms with van der Waals surface area (Å²) in [7, 11) is 0. The van der Waals surface area contributed by atoms with Gasteiger partial charge in [-0.2, -0.15) is 0 Å². The molecule has 0 aliphatic carbocycles. The monoisotopic (exact) mass is 262 g/mol. The van der Waals surface area contributed by atoms with Gasteiger partial charge in [-0.05, 0) is 25.2 Å². The second kappa shape index (κ2) is 8.76. The third-order valence-corrected chi connectivity index (χ3v) is 3.56. The van der Waals surface area contributed by atoms with Gasteiger partial charge in [0.2, 0.25) is 5.91 Å². The number of nitrogens with zero attached hydrogens (tertiary/aromatic N) is 1. The highest BCUT2D eigenvalue weighted by molar-refractivity contribution is 5.85. The average Bonchev–Trinajstić information content (AvgIpc) is 2.29. The van der Waals surface area contributed by atoms with Crippen LogP contribution in [0, 0.1) is 5.92 Å². The van der Waals surface area contributed by atoms with Crippen LogP contribution in [0.5, 0.6) is 0 Å².